The summed E-state index contributed by atoms with van der Waals surface area (Å²) in [6.45, 7) is 5.81. The van der Waals surface area contributed by atoms with Crippen LogP contribution < -0.4 is 11.1 Å². The Labute approximate surface area is 110 Å². The molecule has 2 aliphatic rings. The van der Waals surface area contributed by atoms with Crippen molar-refractivity contribution in [3.8, 4) is 0 Å². The van der Waals surface area contributed by atoms with E-state index in [-0.39, 0.29) is 17.5 Å². The number of rotatable bonds is 4. The van der Waals surface area contributed by atoms with Crippen LogP contribution in [0.5, 0.6) is 0 Å². The Bertz CT molecular complexity index is 293. The van der Waals surface area contributed by atoms with Gasteiger partial charge in [-0.3, -0.25) is 9.69 Å². The van der Waals surface area contributed by atoms with Gasteiger partial charge in [0.25, 0.3) is 0 Å². The van der Waals surface area contributed by atoms with E-state index in [1.807, 2.05) is 6.92 Å². The number of carbonyl (C=O) groups excluding carboxylic acids is 1. The molecule has 4 heteroatoms. The molecule has 4 nitrogen and oxygen atoms in total. The van der Waals surface area contributed by atoms with Crippen molar-refractivity contribution in [3.63, 3.8) is 0 Å². The number of hydrogen-bond acceptors (Lipinski definition) is 3. The quantitative estimate of drug-likeness (QED) is 0.792. The van der Waals surface area contributed by atoms with E-state index in [1.165, 1.54) is 19.3 Å². The van der Waals surface area contributed by atoms with Crippen molar-refractivity contribution in [2.75, 3.05) is 13.1 Å². The van der Waals surface area contributed by atoms with Crippen LogP contribution in [0.2, 0.25) is 0 Å². The summed E-state index contributed by atoms with van der Waals surface area (Å²) in [6.07, 6.45) is 7.11. The first-order valence-corrected chi connectivity index (χ1v) is 7.37. The van der Waals surface area contributed by atoms with Crippen molar-refractivity contribution in [1.82, 2.24) is 10.2 Å². The largest absolute Gasteiger partial charge is 0.352 e. The first kappa shape index (κ1) is 13.8. The van der Waals surface area contributed by atoms with E-state index >= 15 is 0 Å². The summed E-state index contributed by atoms with van der Waals surface area (Å²) >= 11 is 0. The van der Waals surface area contributed by atoms with Crippen LogP contribution in [0.15, 0.2) is 0 Å². The van der Waals surface area contributed by atoms with Crippen LogP contribution in [0.25, 0.3) is 0 Å². The number of hydrogen-bond donors (Lipinski definition) is 2. The van der Waals surface area contributed by atoms with Crippen molar-refractivity contribution in [3.05, 3.63) is 0 Å². The molecule has 1 unspecified atom stereocenters. The Hall–Kier alpha value is -0.610. The van der Waals surface area contributed by atoms with Crippen LogP contribution in [0.4, 0.5) is 0 Å². The van der Waals surface area contributed by atoms with Crippen LogP contribution >= 0.6 is 0 Å². The molecule has 1 aliphatic carbocycles. The third kappa shape index (κ3) is 3.04. The Kier molecular flexibility index (Phi) is 4.28. The molecule has 0 aromatic heterocycles. The van der Waals surface area contributed by atoms with Crippen molar-refractivity contribution in [2.24, 2.45) is 5.73 Å². The summed E-state index contributed by atoms with van der Waals surface area (Å²) in [4.78, 5) is 14.3. The molecule has 2 rings (SSSR count). The normalized spacial score (nSPS) is 26.4. The Balaban J connectivity index is 1.75. The molecule has 0 aromatic rings. The Morgan fingerprint density at radius 3 is 2.56 bits per heavy atom. The zero-order chi connectivity index (χ0) is 13.2. The van der Waals surface area contributed by atoms with Gasteiger partial charge in [0, 0.05) is 24.7 Å². The minimum atomic E-state index is -0.0562. The average molecular weight is 253 g/mol. The molecule has 2 fully saturated rings. The third-order valence-corrected chi connectivity index (χ3v) is 4.62. The second-order valence-electron chi connectivity index (χ2n) is 6.14. The molecule has 3 N–H and O–H groups in total. The third-order valence-electron chi connectivity index (χ3n) is 4.62. The second-order valence-corrected chi connectivity index (χ2v) is 6.14. The fourth-order valence-corrected chi connectivity index (χ4v) is 2.99. The molecule has 1 saturated heterocycles. The molecule has 104 valence electrons. The maximum absolute atomic E-state index is 12.2. The van der Waals surface area contributed by atoms with Crippen molar-refractivity contribution < 1.29 is 4.79 Å². The van der Waals surface area contributed by atoms with Crippen LogP contribution in [0.1, 0.15) is 52.4 Å². The van der Waals surface area contributed by atoms with Crippen LogP contribution in [-0.2, 0) is 4.79 Å². The summed E-state index contributed by atoms with van der Waals surface area (Å²) in [6, 6.07) is 0.374. The second kappa shape index (κ2) is 5.57. The van der Waals surface area contributed by atoms with Gasteiger partial charge in [-0.1, -0.05) is 26.2 Å². The van der Waals surface area contributed by atoms with E-state index in [9.17, 15) is 4.79 Å². The van der Waals surface area contributed by atoms with Crippen molar-refractivity contribution in [2.45, 2.75) is 70.0 Å². The molecule has 1 heterocycles. The lowest BCUT2D eigenvalue weighted by atomic mass is 9.87. The molecular weight excluding hydrogens is 226 g/mol. The SMILES string of the molecule is CCC1(N)CN(C(C)C(=O)NC2CCCCC2)C1. The van der Waals surface area contributed by atoms with E-state index in [4.69, 9.17) is 5.73 Å². The highest BCUT2D eigenvalue weighted by Crippen LogP contribution is 2.24. The van der Waals surface area contributed by atoms with E-state index in [0.717, 1.165) is 32.4 Å². The summed E-state index contributed by atoms with van der Waals surface area (Å²) in [7, 11) is 0. The van der Waals surface area contributed by atoms with Crippen LogP contribution in [-0.4, -0.2) is 41.5 Å². The molecule has 1 aliphatic heterocycles. The Morgan fingerprint density at radius 2 is 2.00 bits per heavy atom. The molecule has 1 atom stereocenters. The predicted octanol–water partition coefficient (Wildman–Crippen LogP) is 1.25. The molecule has 0 spiro atoms. The zero-order valence-electron chi connectivity index (χ0n) is 11.7. The summed E-state index contributed by atoms with van der Waals surface area (Å²) < 4.78 is 0. The minimum Gasteiger partial charge on any atom is -0.352 e. The van der Waals surface area contributed by atoms with Gasteiger partial charge in [0.15, 0.2) is 0 Å². The molecule has 0 bridgehead atoms. The highest BCUT2D eigenvalue weighted by atomic mass is 16.2. The number of nitrogens with zero attached hydrogens (tertiary/aromatic N) is 1. The van der Waals surface area contributed by atoms with Gasteiger partial charge in [0.05, 0.1) is 6.04 Å². The van der Waals surface area contributed by atoms with E-state index in [2.05, 4.69) is 17.1 Å². The van der Waals surface area contributed by atoms with Crippen molar-refractivity contribution in [1.29, 1.82) is 0 Å². The fraction of sp³-hybridized carbons (Fsp3) is 0.929. The Morgan fingerprint density at radius 1 is 1.39 bits per heavy atom. The molecule has 1 saturated carbocycles. The van der Waals surface area contributed by atoms with Crippen LogP contribution in [0, 0.1) is 0 Å². The van der Waals surface area contributed by atoms with E-state index in [1.54, 1.807) is 0 Å². The van der Waals surface area contributed by atoms with E-state index in [0.29, 0.717) is 6.04 Å². The van der Waals surface area contributed by atoms with E-state index < -0.39 is 0 Å². The predicted molar refractivity (Wildman–Crippen MR) is 73.3 cm³/mol. The highest BCUT2D eigenvalue weighted by Gasteiger charge is 2.41. The van der Waals surface area contributed by atoms with Gasteiger partial charge in [0.1, 0.15) is 0 Å². The fourth-order valence-electron chi connectivity index (χ4n) is 2.99. The molecule has 1 amide bonds. The van der Waals surface area contributed by atoms with Crippen molar-refractivity contribution >= 4 is 5.91 Å². The molecule has 0 aromatic carbocycles. The monoisotopic (exact) mass is 253 g/mol. The van der Waals surface area contributed by atoms with Gasteiger partial charge in [0.2, 0.25) is 5.91 Å². The van der Waals surface area contributed by atoms with Gasteiger partial charge in [-0.05, 0) is 26.2 Å². The lowest BCUT2D eigenvalue weighted by Gasteiger charge is -2.49. The lowest BCUT2D eigenvalue weighted by Crippen LogP contribution is -2.70. The summed E-state index contributed by atoms with van der Waals surface area (Å²) in [5.41, 5.74) is 6.09. The number of nitrogens with one attached hydrogen (secondary N) is 1. The summed E-state index contributed by atoms with van der Waals surface area (Å²) in [5, 5.41) is 3.19. The summed E-state index contributed by atoms with van der Waals surface area (Å²) in [5.74, 6) is 0.181. The number of amides is 1. The maximum atomic E-state index is 12.2. The standard InChI is InChI=1S/C14H27N3O/c1-3-14(15)9-17(10-14)11(2)13(18)16-12-7-5-4-6-8-12/h11-12H,3-10,15H2,1-2H3,(H,16,18). The van der Waals surface area contributed by atoms with Gasteiger partial charge >= 0.3 is 0 Å². The van der Waals surface area contributed by atoms with Gasteiger partial charge in [-0.2, -0.15) is 0 Å². The minimum absolute atomic E-state index is 0.0323. The number of carbonyl (C=O) groups is 1. The van der Waals surface area contributed by atoms with Gasteiger partial charge < -0.3 is 11.1 Å². The van der Waals surface area contributed by atoms with Crippen LogP contribution in [0.3, 0.4) is 0 Å². The average Bonchev–Trinajstić information content (AvgIpc) is 2.35. The molecular formula is C14H27N3O. The zero-order valence-corrected chi connectivity index (χ0v) is 11.7. The maximum Gasteiger partial charge on any atom is 0.237 e. The number of likely N-dealkylation sites (tertiary alicyclic amines) is 1. The first-order chi connectivity index (χ1) is 8.54. The first-order valence-electron chi connectivity index (χ1n) is 7.37. The number of nitrogens with two attached hydrogens (primary N) is 1. The topological polar surface area (TPSA) is 58.4 Å². The molecule has 0 radical (unpaired) electrons. The smallest absolute Gasteiger partial charge is 0.237 e. The van der Waals surface area contributed by atoms with Gasteiger partial charge in [-0.25, -0.2) is 0 Å². The lowest BCUT2D eigenvalue weighted by molar-refractivity contribution is -0.130. The molecule has 18 heavy (non-hydrogen) atoms. The highest BCUT2D eigenvalue weighted by molar-refractivity contribution is 5.81. The van der Waals surface area contributed by atoms with Gasteiger partial charge in [-0.15, -0.1) is 0 Å².